The first kappa shape index (κ1) is 13.0. The summed E-state index contributed by atoms with van der Waals surface area (Å²) in [6, 6.07) is 1.83. The van der Waals surface area contributed by atoms with Gasteiger partial charge in [0, 0.05) is 6.54 Å². The van der Waals surface area contributed by atoms with Crippen molar-refractivity contribution in [2.45, 2.75) is 13.0 Å². The minimum Gasteiger partial charge on any atom is -0.387 e. The van der Waals surface area contributed by atoms with Crippen molar-refractivity contribution >= 4 is 33.7 Å². The average molecular weight is 283 g/mol. The Morgan fingerprint density at radius 2 is 2.44 bits per heavy atom. The predicted octanol–water partition coefficient (Wildman–Crippen LogP) is 1.56. The first-order valence-corrected chi connectivity index (χ1v) is 7.05. The standard InChI is InChI=1S/C11H13N3O2S2/c1-6-9(18-11(12)14-6)10(16)13-4-8(15)7-2-3-17-5-7/h2-3,5,8,15H,4H2,1H3,(H2,12,14)(H,13,16). The Hall–Kier alpha value is -1.44. The van der Waals surface area contributed by atoms with Gasteiger partial charge in [-0.15, -0.1) is 0 Å². The lowest BCUT2D eigenvalue weighted by Crippen LogP contribution is -2.28. The second kappa shape index (κ2) is 5.47. The molecular formula is C11H13N3O2S2. The zero-order valence-corrected chi connectivity index (χ0v) is 11.3. The van der Waals surface area contributed by atoms with Crippen LogP contribution in [-0.2, 0) is 0 Å². The third-order valence-corrected chi connectivity index (χ3v) is 4.09. The predicted molar refractivity (Wildman–Crippen MR) is 72.9 cm³/mol. The largest absolute Gasteiger partial charge is 0.387 e. The number of nitrogens with one attached hydrogen (secondary N) is 1. The third kappa shape index (κ3) is 2.87. The van der Waals surface area contributed by atoms with Crippen LogP contribution in [0.1, 0.15) is 27.0 Å². The van der Waals surface area contributed by atoms with Gasteiger partial charge in [0.05, 0.1) is 11.8 Å². The van der Waals surface area contributed by atoms with Crippen molar-refractivity contribution in [1.29, 1.82) is 0 Å². The average Bonchev–Trinajstić information content (AvgIpc) is 2.95. The molecule has 1 unspecified atom stereocenters. The molecule has 1 atom stereocenters. The molecule has 1 amide bonds. The molecule has 0 aliphatic rings. The number of aromatic nitrogens is 1. The highest BCUT2D eigenvalue weighted by Gasteiger charge is 2.15. The van der Waals surface area contributed by atoms with E-state index < -0.39 is 6.10 Å². The monoisotopic (exact) mass is 283 g/mol. The van der Waals surface area contributed by atoms with Gasteiger partial charge in [-0.25, -0.2) is 4.98 Å². The molecule has 2 rings (SSSR count). The molecule has 0 saturated heterocycles. The summed E-state index contributed by atoms with van der Waals surface area (Å²) in [7, 11) is 0. The van der Waals surface area contributed by atoms with E-state index in [0.717, 1.165) is 16.9 Å². The highest BCUT2D eigenvalue weighted by Crippen LogP contribution is 2.20. The Labute approximate surface area is 112 Å². The number of carbonyl (C=O) groups is 1. The molecular weight excluding hydrogens is 270 g/mol. The van der Waals surface area contributed by atoms with Crippen molar-refractivity contribution in [3.8, 4) is 0 Å². The number of carbonyl (C=O) groups excluding carboxylic acids is 1. The number of rotatable bonds is 4. The molecule has 7 heteroatoms. The number of amides is 1. The number of hydrogen-bond donors (Lipinski definition) is 3. The summed E-state index contributed by atoms with van der Waals surface area (Å²) >= 11 is 2.65. The van der Waals surface area contributed by atoms with Crippen LogP contribution in [0.5, 0.6) is 0 Å². The third-order valence-electron chi connectivity index (χ3n) is 2.40. The molecule has 0 bridgehead atoms. The quantitative estimate of drug-likeness (QED) is 0.794. The number of nitrogens with two attached hydrogens (primary N) is 1. The zero-order chi connectivity index (χ0) is 13.1. The lowest BCUT2D eigenvalue weighted by molar-refractivity contribution is 0.0920. The van der Waals surface area contributed by atoms with Gasteiger partial charge in [-0.3, -0.25) is 4.79 Å². The van der Waals surface area contributed by atoms with Crippen molar-refractivity contribution in [1.82, 2.24) is 10.3 Å². The van der Waals surface area contributed by atoms with Gasteiger partial charge < -0.3 is 16.2 Å². The van der Waals surface area contributed by atoms with Gasteiger partial charge in [0.2, 0.25) is 0 Å². The SMILES string of the molecule is Cc1nc(N)sc1C(=O)NCC(O)c1ccsc1. The molecule has 0 aliphatic heterocycles. The normalized spacial score (nSPS) is 12.3. The summed E-state index contributed by atoms with van der Waals surface area (Å²) in [5.41, 5.74) is 6.95. The van der Waals surface area contributed by atoms with E-state index in [2.05, 4.69) is 10.3 Å². The summed E-state index contributed by atoms with van der Waals surface area (Å²) < 4.78 is 0. The summed E-state index contributed by atoms with van der Waals surface area (Å²) in [6.07, 6.45) is -0.689. The van der Waals surface area contributed by atoms with E-state index in [9.17, 15) is 9.90 Å². The summed E-state index contributed by atoms with van der Waals surface area (Å²) in [5.74, 6) is -0.254. The van der Waals surface area contributed by atoms with Crippen molar-refractivity contribution in [3.05, 3.63) is 33.0 Å². The van der Waals surface area contributed by atoms with E-state index in [1.54, 1.807) is 6.92 Å². The molecule has 2 aromatic rings. The maximum Gasteiger partial charge on any atom is 0.263 e. The first-order chi connectivity index (χ1) is 8.58. The van der Waals surface area contributed by atoms with E-state index >= 15 is 0 Å². The van der Waals surface area contributed by atoms with Gasteiger partial charge >= 0.3 is 0 Å². The zero-order valence-electron chi connectivity index (χ0n) is 9.71. The highest BCUT2D eigenvalue weighted by atomic mass is 32.1. The maximum atomic E-state index is 11.8. The van der Waals surface area contributed by atoms with Gasteiger partial charge in [-0.1, -0.05) is 11.3 Å². The van der Waals surface area contributed by atoms with Gasteiger partial charge in [-0.05, 0) is 29.3 Å². The smallest absolute Gasteiger partial charge is 0.263 e. The number of nitrogens with zero attached hydrogens (tertiary/aromatic N) is 1. The van der Waals surface area contributed by atoms with Gasteiger partial charge in [0.25, 0.3) is 5.91 Å². The minimum atomic E-state index is -0.689. The maximum absolute atomic E-state index is 11.8. The fourth-order valence-electron chi connectivity index (χ4n) is 1.48. The van der Waals surface area contributed by atoms with Crippen LogP contribution in [-0.4, -0.2) is 22.5 Å². The van der Waals surface area contributed by atoms with E-state index in [4.69, 9.17) is 5.73 Å². The highest BCUT2D eigenvalue weighted by molar-refractivity contribution is 7.17. The number of hydrogen-bond acceptors (Lipinski definition) is 6. The Morgan fingerprint density at radius 3 is 3.00 bits per heavy atom. The molecule has 2 aromatic heterocycles. The Kier molecular flexibility index (Phi) is 3.95. The number of aliphatic hydroxyl groups excluding tert-OH is 1. The molecule has 18 heavy (non-hydrogen) atoms. The number of aryl methyl sites for hydroxylation is 1. The Bertz CT molecular complexity index is 536. The molecule has 4 N–H and O–H groups in total. The van der Waals surface area contributed by atoms with Gasteiger partial charge in [0.1, 0.15) is 4.88 Å². The molecule has 0 radical (unpaired) electrons. The number of thiazole rings is 1. The van der Waals surface area contributed by atoms with Crippen LogP contribution in [0, 0.1) is 6.92 Å². The van der Waals surface area contributed by atoms with Crippen LogP contribution in [0.15, 0.2) is 16.8 Å². The fraction of sp³-hybridized carbons (Fsp3) is 0.273. The minimum absolute atomic E-state index is 0.173. The number of thiophene rings is 1. The molecule has 0 saturated carbocycles. The molecule has 2 heterocycles. The first-order valence-electron chi connectivity index (χ1n) is 5.29. The lowest BCUT2D eigenvalue weighted by atomic mass is 10.2. The van der Waals surface area contributed by atoms with Crippen LogP contribution >= 0.6 is 22.7 Å². The number of anilines is 1. The van der Waals surface area contributed by atoms with Crippen LogP contribution in [0.4, 0.5) is 5.13 Å². The van der Waals surface area contributed by atoms with Crippen LogP contribution < -0.4 is 11.1 Å². The van der Waals surface area contributed by atoms with E-state index in [0.29, 0.717) is 15.7 Å². The Morgan fingerprint density at radius 1 is 1.67 bits per heavy atom. The second-order valence-electron chi connectivity index (χ2n) is 3.75. The molecule has 96 valence electrons. The van der Waals surface area contributed by atoms with Crippen LogP contribution in [0.3, 0.4) is 0 Å². The second-order valence-corrected chi connectivity index (χ2v) is 5.56. The van der Waals surface area contributed by atoms with E-state index in [1.165, 1.54) is 11.3 Å². The molecule has 0 aliphatic carbocycles. The lowest BCUT2D eigenvalue weighted by Gasteiger charge is -2.09. The van der Waals surface area contributed by atoms with Crippen LogP contribution in [0.2, 0.25) is 0 Å². The summed E-state index contributed by atoms with van der Waals surface area (Å²) in [5, 5.41) is 16.6. The molecule has 0 spiro atoms. The molecule has 0 fully saturated rings. The van der Waals surface area contributed by atoms with E-state index in [-0.39, 0.29) is 12.5 Å². The molecule has 0 aromatic carbocycles. The van der Waals surface area contributed by atoms with Gasteiger partial charge in [-0.2, -0.15) is 11.3 Å². The van der Waals surface area contributed by atoms with Crippen LogP contribution in [0.25, 0.3) is 0 Å². The number of aliphatic hydroxyl groups is 1. The Balaban J connectivity index is 1.94. The topological polar surface area (TPSA) is 88.2 Å². The van der Waals surface area contributed by atoms with Crippen molar-refractivity contribution in [3.63, 3.8) is 0 Å². The molecule has 5 nitrogen and oxygen atoms in total. The summed E-state index contributed by atoms with van der Waals surface area (Å²) in [4.78, 5) is 16.3. The van der Waals surface area contributed by atoms with Crippen molar-refractivity contribution in [2.24, 2.45) is 0 Å². The van der Waals surface area contributed by atoms with Gasteiger partial charge in [0.15, 0.2) is 5.13 Å². The fourth-order valence-corrected chi connectivity index (χ4v) is 2.94. The summed E-state index contributed by atoms with van der Waals surface area (Å²) in [6.45, 7) is 1.91. The van der Waals surface area contributed by atoms with Crippen molar-refractivity contribution < 1.29 is 9.90 Å². The van der Waals surface area contributed by atoms with E-state index in [1.807, 2.05) is 16.8 Å². The number of nitrogen functional groups attached to an aromatic ring is 1. The van der Waals surface area contributed by atoms with Crippen molar-refractivity contribution in [2.75, 3.05) is 12.3 Å².